The molecule has 0 aromatic heterocycles. The molecule has 0 amide bonds. The Morgan fingerprint density at radius 3 is 2.50 bits per heavy atom. The lowest BCUT2D eigenvalue weighted by Crippen LogP contribution is -1.99. The van der Waals surface area contributed by atoms with Crippen molar-refractivity contribution in [3.8, 4) is 5.75 Å². The zero-order valence-corrected chi connectivity index (χ0v) is 10.4. The highest BCUT2D eigenvalue weighted by Gasteiger charge is 2.03. The molecule has 94 valence electrons. The number of nitrogens with two attached hydrogens (primary N) is 1. The Morgan fingerprint density at radius 1 is 1.11 bits per heavy atom. The predicted octanol–water partition coefficient (Wildman–Crippen LogP) is 2.65. The van der Waals surface area contributed by atoms with Crippen molar-refractivity contribution >= 4 is 5.69 Å². The average molecular weight is 243 g/mol. The van der Waals surface area contributed by atoms with Gasteiger partial charge in [0.05, 0.1) is 6.61 Å². The molecule has 0 aliphatic rings. The third-order valence-corrected chi connectivity index (χ3v) is 2.77. The van der Waals surface area contributed by atoms with E-state index in [9.17, 15) is 5.11 Å². The highest BCUT2D eigenvalue weighted by Crippen LogP contribution is 2.22. The molecule has 0 aliphatic carbocycles. The van der Waals surface area contributed by atoms with Crippen LogP contribution in [-0.2, 0) is 13.2 Å². The summed E-state index contributed by atoms with van der Waals surface area (Å²) < 4.78 is 5.69. The van der Waals surface area contributed by atoms with E-state index in [1.165, 1.54) is 5.56 Å². The minimum absolute atomic E-state index is 0.0751. The van der Waals surface area contributed by atoms with Gasteiger partial charge >= 0.3 is 0 Å². The molecule has 0 radical (unpaired) electrons. The SMILES string of the molecule is Cc1ccc(COc2ccc(N)cc2CO)cc1. The Bertz CT molecular complexity index is 521. The van der Waals surface area contributed by atoms with Crippen molar-refractivity contribution in [2.75, 3.05) is 5.73 Å². The summed E-state index contributed by atoms with van der Waals surface area (Å²) in [4.78, 5) is 0. The van der Waals surface area contributed by atoms with Crippen LogP contribution in [0.4, 0.5) is 5.69 Å². The largest absolute Gasteiger partial charge is 0.489 e. The van der Waals surface area contributed by atoms with Crippen LogP contribution in [0.15, 0.2) is 42.5 Å². The summed E-state index contributed by atoms with van der Waals surface area (Å²) in [5, 5.41) is 9.24. The van der Waals surface area contributed by atoms with E-state index in [4.69, 9.17) is 10.5 Å². The number of aryl methyl sites for hydroxylation is 1. The monoisotopic (exact) mass is 243 g/mol. The molecule has 3 nitrogen and oxygen atoms in total. The highest BCUT2D eigenvalue weighted by atomic mass is 16.5. The van der Waals surface area contributed by atoms with Crippen LogP contribution in [0, 0.1) is 6.92 Å². The van der Waals surface area contributed by atoms with Crippen molar-refractivity contribution in [1.82, 2.24) is 0 Å². The van der Waals surface area contributed by atoms with Crippen molar-refractivity contribution in [3.63, 3.8) is 0 Å². The molecule has 0 atom stereocenters. The van der Waals surface area contributed by atoms with Gasteiger partial charge in [0.25, 0.3) is 0 Å². The first-order valence-electron chi connectivity index (χ1n) is 5.86. The number of benzene rings is 2. The number of hydrogen-bond donors (Lipinski definition) is 2. The fourth-order valence-electron chi connectivity index (χ4n) is 1.71. The zero-order chi connectivity index (χ0) is 13.0. The molecule has 0 saturated heterocycles. The Labute approximate surface area is 107 Å². The Balaban J connectivity index is 2.08. The number of aliphatic hydroxyl groups excluding tert-OH is 1. The highest BCUT2D eigenvalue weighted by molar-refractivity contribution is 5.47. The zero-order valence-electron chi connectivity index (χ0n) is 10.4. The van der Waals surface area contributed by atoms with Crippen LogP contribution in [0.2, 0.25) is 0 Å². The van der Waals surface area contributed by atoms with Crippen LogP contribution in [0.1, 0.15) is 16.7 Å². The van der Waals surface area contributed by atoms with E-state index in [1.807, 2.05) is 12.1 Å². The maximum absolute atomic E-state index is 9.24. The predicted molar refractivity (Wildman–Crippen MR) is 72.3 cm³/mol. The van der Waals surface area contributed by atoms with Gasteiger partial charge in [0.1, 0.15) is 12.4 Å². The molecule has 2 aromatic carbocycles. The van der Waals surface area contributed by atoms with E-state index < -0.39 is 0 Å². The Kier molecular flexibility index (Phi) is 3.85. The number of nitrogen functional groups attached to an aromatic ring is 1. The molecule has 0 saturated carbocycles. The van der Waals surface area contributed by atoms with Gasteiger partial charge in [-0.05, 0) is 30.7 Å². The Hall–Kier alpha value is -2.00. The van der Waals surface area contributed by atoms with E-state index >= 15 is 0 Å². The van der Waals surface area contributed by atoms with Crippen molar-refractivity contribution in [1.29, 1.82) is 0 Å². The molecule has 0 heterocycles. The lowest BCUT2D eigenvalue weighted by atomic mass is 10.1. The van der Waals surface area contributed by atoms with Gasteiger partial charge in [0.2, 0.25) is 0 Å². The van der Waals surface area contributed by atoms with E-state index in [-0.39, 0.29) is 6.61 Å². The van der Waals surface area contributed by atoms with Gasteiger partial charge in [0.15, 0.2) is 0 Å². The van der Waals surface area contributed by atoms with Crippen molar-refractivity contribution < 1.29 is 9.84 Å². The van der Waals surface area contributed by atoms with Crippen LogP contribution in [0.3, 0.4) is 0 Å². The fourth-order valence-corrected chi connectivity index (χ4v) is 1.71. The summed E-state index contributed by atoms with van der Waals surface area (Å²) in [5.74, 6) is 0.673. The standard InChI is InChI=1S/C15H17NO2/c1-11-2-4-12(5-3-11)10-18-15-7-6-14(16)8-13(15)9-17/h2-8,17H,9-10,16H2,1H3. The normalized spacial score (nSPS) is 10.3. The summed E-state index contributed by atoms with van der Waals surface area (Å²) in [6, 6.07) is 13.4. The van der Waals surface area contributed by atoms with E-state index in [1.54, 1.807) is 18.2 Å². The second-order valence-corrected chi connectivity index (χ2v) is 4.30. The molecule has 0 aliphatic heterocycles. The number of rotatable bonds is 4. The van der Waals surface area contributed by atoms with Crippen molar-refractivity contribution in [3.05, 3.63) is 59.2 Å². The van der Waals surface area contributed by atoms with Gasteiger partial charge in [-0.3, -0.25) is 0 Å². The lowest BCUT2D eigenvalue weighted by molar-refractivity contribution is 0.259. The van der Waals surface area contributed by atoms with Crippen LogP contribution in [0.25, 0.3) is 0 Å². The van der Waals surface area contributed by atoms with Crippen LogP contribution >= 0.6 is 0 Å². The Morgan fingerprint density at radius 2 is 1.83 bits per heavy atom. The van der Waals surface area contributed by atoms with Crippen molar-refractivity contribution in [2.24, 2.45) is 0 Å². The quantitative estimate of drug-likeness (QED) is 0.812. The molecular formula is C15H17NO2. The first-order valence-corrected chi connectivity index (χ1v) is 5.86. The van der Waals surface area contributed by atoms with Crippen molar-refractivity contribution in [2.45, 2.75) is 20.1 Å². The summed E-state index contributed by atoms with van der Waals surface area (Å²) in [6.07, 6.45) is 0. The number of hydrogen-bond acceptors (Lipinski definition) is 3. The minimum atomic E-state index is -0.0751. The van der Waals surface area contributed by atoms with Gasteiger partial charge in [-0.1, -0.05) is 29.8 Å². The first kappa shape index (κ1) is 12.5. The maximum Gasteiger partial charge on any atom is 0.125 e. The minimum Gasteiger partial charge on any atom is -0.489 e. The van der Waals surface area contributed by atoms with Gasteiger partial charge in [-0.15, -0.1) is 0 Å². The van der Waals surface area contributed by atoms with Gasteiger partial charge in [0, 0.05) is 11.3 Å². The molecule has 3 N–H and O–H groups in total. The maximum atomic E-state index is 9.24. The summed E-state index contributed by atoms with van der Waals surface area (Å²) in [5.41, 5.74) is 9.32. The van der Waals surface area contributed by atoms with E-state index in [0.29, 0.717) is 23.6 Å². The van der Waals surface area contributed by atoms with Crippen LogP contribution < -0.4 is 10.5 Å². The summed E-state index contributed by atoms with van der Waals surface area (Å²) in [7, 11) is 0. The molecule has 18 heavy (non-hydrogen) atoms. The van der Waals surface area contributed by atoms with E-state index in [0.717, 1.165) is 5.56 Å². The summed E-state index contributed by atoms with van der Waals surface area (Å²) in [6.45, 7) is 2.46. The van der Waals surface area contributed by atoms with Crippen LogP contribution in [0.5, 0.6) is 5.75 Å². The second kappa shape index (κ2) is 5.56. The summed E-state index contributed by atoms with van der Waals surface area (Å²) >= 11 is 0. The van der Waals surface area contributed by atoms with Gasteiger partial charge in [-0.25, -0.2) is 0 Å². The molecule has 2 rings (SSSR count). The second-order valence-electron chi connectivity index (χ2n) is 4.30. The molecule has 0 fully saturated rings. The lowest BCUT2D eigenvalue weighted by Gasteiger charge is -2.11. The molecule has 0 unspecified atom stereocenters. The molecule has 0 bridgehead atoms. The molecule has 3 heteroatoms. The van der Waals surface area contributed by atoms with Crippen LogP contribution in [-0.4, -0.2) is 5.11 Å². The average Bonchev–Trinajstić information content (AvgIpc) is 2.39. The fraction of sp³-hybridized carbons (Fsp3) is 0.200. The number of anilines is 1. The smallest absolute Gasteiger partial charge is 0.125 e. The molecule has 0 spiro atoms. The van der Waals surface area contributed by atoms with Gasteiger partial charge < -0.3 is 15.6 Å². The molecular weight excluding hydrogens is 226 g/mol. The first-order chi connectivity index (χ1) is 8.69. The third-order valence-electron chi connectivity index (χ3n) is 2.77. The van der Waals surface area contributed by atoms with E-state index in [2.05, 4.69) is 19.1 Å². The third kappa shape index (κ3) is 3.02. The topological polar surface area (TPSA) is 55.5 Å². The molecule has 2 aromatic rings. The number of ether oxygens (including phenoxy) is 1. The number of aliphatic hydroxyl groups is 1. The van der Waals surface area contributed by atoms with Gasteiger partial charge in [-0.2, -0.15) is 0 Å².